The molecule has 1 saturated carbocycles. The molecular formula is C20H25BrN2O3. The second kappa shape index (κ2) is 7.82. The predicted octanol–water partition coefficient (Wildman–Crippen LogP) is 4.44. The van der Waals surface area contributed by atoms with Crippen LogP contribution in [0.15, 0.2) is 40.0 Å². The maximum atomic E-state index is 12.9. The molecule has 4 atom stereocenters. The molecule has 2 aliphatic rings. The lowest BCUT2D eigenvalue weighted by molar-refractivity contribution is -0.147. The van der Waals surface area contributed by atoms with Crippen molar-refractivity contribution in [2.24, 2.45) is 11.8 Å². The molecule has 140 valence electrons. The van der Waals surface area contributed by atoms with E-state index in [2.05, 4.69) is 40.4 Å². The van der Waals surface area contributed by atoms with Gasteiger partial charge < -0.3 is 15.4 Å². The topological polar surface area (TPSA) is 67.4 Å². The summed E-state index contributed by atoms with van der Waals surface area (Å²) in [6.45, 7) is 6.20. The van der Waals surface area contributed by atoms with Crippen LogP contribution in [0.2, 0.25) is 0 Å². The highest BCUT2D eigenvalue weighted by atomic mass is 79.9. The van der Waals surface area contributed by atoms with Crippen LogP contribution >= 0.6 is 15.9 Å². The molecule has 5 nitrogen and oxygen atoms in total. The number of esters is 1. The number of allylic oxidation sites excluding steroid dienone is 1. The van der Waals surface area contributed by atoms with Crippen LogP contribution in [0.25, 0.3) is 0 Å². The molecule has 1 aliphatic carbocycles. The van der Waals surface area contributed by atoms with Crippen molar-refractivity contribution in [1.29, 1.82) is 0 Å². The molecule has 2 amide bonds. The van der Waals surface area contributed by atoms with E-state index in [0.29, 0.717) is 23.1 Å². The quantitative estimate of drug-likeness (QED) is 0.709. The number of hydrogen-bond donors (Lipinski definition) is 2. The van der Waals surface area contributed by atoms with E-state index in [9.17, 15) is 9.59 Å². The summed E-state index contributed by atoms with van der Waals surface area (Å²) < 4.78 is 6.77. The van der Waals surface area contributed by atoms with Gasteiger partial charge in [0.2, 0.25) is 0 Å². The molecule has 26 heavy (non-hydrogen) atoms. The molecule has 2 N–H and O–H groups in total. The number of halogens is 1. The van der Waals surface area contributed by atoms with Crippen LogP contribution in [0.4, 0.5) is 4.79 Å². The Labute approximate surface area is 162 Å². The third-order valence-corrected chi connectivity index (χ3v) is 6.04. The van der Waals surface area contributed by atoms with Crippen LogP contribution in [0, 0.1) is 11.8 Å². The smallest absolute Gasteiger partial charge is 0.338 e. The Kier molecular flexibility index (Phi) is 5.70. The Balaban J connectivity index is 1.82. The van der Waals surface area contributed by atoms with Gasteiger partial charge in [-0.25, -0.2) is 9.59 Å². The molecule has 0 bridgehead atoms. The number of urea groups is 1. The van der Waals surface area contributed by atoms with Gasteiger partial charge in [0.25, 0.3) is 0 Å². The summed E-state index contributed by atoms with van der Waals surface area (Å²) in [4.78, 5) is 24.9. The summed E-state index contributed by atoms with van der Waals surface area (Å²) in [7, 11) is 0. The third-order valence-electron chi connectivity index (χ3n) is 5.52. The molecule has 0 spiro atoms. The van der Waals surface area contributed by atoms with Crippen LogP contribution in [-0.2, 0) is 9.53 Å². The van der Waals surface area contributed by atoms with Crippen LogP contribution in [0.1, 0.15) is 51.6 Å². The molecule has 1 aliphatic heterocycles. The fraction of sp³-hybridized carbons (Fsp3) is 0.500. The first-order chi connectivity index (χ1) is 12.3. The molecule has 1 aromatic rings. The Morgan fingerprint density at radius 2 is 1.85 bits per heavy atom. The SMILES string of the molecule is CC1=C(C(=O)O[C@@H]2CC[C@H](C)[C@@H](C)C2)[C@@H](c2ccc(Br)cc2)NC(=O)N1. The maximum Gasteiger partial charge on any atom is 0.338 e. The van der Waals surface area contributed by atoms with E-state index in [0.717, 1.165) is 29.3 Å². The largest absolute Gasteiger partial charge is 0.459 e. The highest BCUT2D eigenvalue weighted by Gasteiger charge is 2.34. The molecule has 0 unspecified atom stereocenters. The summed E-state index contributed by atoms with van der Waals surface area (Å²) in [5.74, 6) is 0.856. The van der Waals surface area contributed by atoms with E-state index >= 15 is 0 Å². The molecule has 3 rings (SSSR count). The molecule has 0 saturated heterocycles. The van der Waals surface area contributed by atoms with Gasteiger partial charge in [-0.1, -0.05) is 41.9 Å². The van der Waals surface area contributed by atoms with Crippen LogP contribution in [-0.4, -0.2) is 18.1 Å². The first-order valence-electron chi connectivity index (χ1n) is 9.10. The molecule has 1 heterocycles. The summed E-state index contributed by atoms with van der Waals surface area (Å²) in [6.07, 6.45) is 2.80. The molecule has 6 heteroatoms. The zero-order valence-electron chi connectivity index (χ0n) is 15.3. The Hall–Kier alpha value is -1.82. The van der Waals surface area contributed by atoms with Crippen LogP contribution in [0.5, 0.6) is 0 Å². The van der Waals surface area contributed by atoms with E-state index in [-0.39, 0.29) is 18.1 Å². The van der Waals surface area contributed by atoms with Gasteiger partial charge in [0.15, 0.2) is 0 Å². The minimum absolute atomic E-state index is 0.0582. The lowest BCUT2D eigenvalue weighted by atomic mass is 9.80. The highest BCUT2D eigenvalue weighted by molar-refractivity contribution is 9.10. The monoisotopic (exact) mass is 420 g/mol. The average molecular weight is 421 g/mol. The van der Waals surface area contributed by atoms with Gasteiger partial charge in [-0.3, -0.25) is 0 Å². The summed E-state index contributed by atoms with van der Waals surface area (Å²) >= 11 is 3.41. The van der Waals surface area contributed by atoms with Crippen molar-refractivity contribution in [3.8, 4) is 0 Å². The highest BCUT2D eigenvalue weighted by Crippen LogP contribution is 2.33. The van der Waals surface area contributed by atoms with Gasteiger partial charge in [-0.15, -0.1) is 0 Å². The number of hydrogen-bond acceptors (Lipinski definition) is 3. The lowest BCUT2D eigenvalue weighted by Gasteiger charge is -2.33. The Morgan fingerprint density at radius 1 is 1.15 bits per heavy atom. The van der Waals surface area contributed by atoms with Crippen LogP contribution < -0.4 is 10.6 Å². The molecule has 1 aromatic carbocycles. The van der Waals surface area contributed by atoms with Crippen molar-refractivity contribution in [3.63, 3.8) is 0 Å². The van der Waals surface area contributed by atoms with E-state index in [1.54, 1.807) is 6.92 Å². The van der Waals surface area contributed by atoms with Gasteiger partial charge in [0, 0.05) is 10.2 Å². The summed E-state index contributed by atoms with van der Waals surface area (Å²) in [5, 5.41) is 5.54. The number of benzene rings is 1. The number of nitrogens with one attached hydrogen (secondary N) is 2. The van der Waals surface area contributed by atoms with Crippen molar-refractivity contribution in [2.75, 3.05) is 0 Å². The van der Waals surface area contributed by atoms with Gasteiger partial charge >= 0.3 is 12.0 Å². The van der Waals surface area contributed by atoms with E-state index in [1.165, 1.54) is 0 Å². The molecule has 0 aromatic heterocycles. The maximum absolute atomic E-state index is 12.9. The zero-order chi connectivity index (χ0) is 18.8. The summed E-state index contributed by atoms with van der Waals surface area (Å²) in [6, 6.07) is 6.76. The van der Waals surface area contributed by atoms with E-state index in [1.807, 2.05) is 24.3 Å². The normalized spacial score (nSPS) is 29.0. The van der Waals surface area contributed by atoms with E-state index in [4.69, 9.17) is 4.74 Å². The van der Waals surface area contributed by atoms with Crippen molar-refractivity contribution in [1.82, 2.24) is 10.6 Å². The van der Waals surface area contributed by atoms with Crippen LogP contribution in [0.3, 0.4) is 0 Å². The minimum atomic E-state index is -0.510. The number of carbonyl (C=O) groups excluding carboxylic acids is 2. The lowest BCUT2D eigenvalue weighted by Crippen LogP contribution is -2.45. The van der Waals surface area contributed by atoms with Gasteiger partial charge in [0.1, 0.15) is 6.10 Å². The standard InChI is InChI=1S/C20H25BrN2O3/c1-11-4-9-16(10-12(11)2)26-19(24)17-13(3)22-20(25)23-18(17)14-5-7-15(21)8-6-14/h5-8,11-12,16,18H,4,9-10H2,1-3H3,(H2,22,23,25)/t11-,12-,16+,18+/m0/s1. The third kappa shape index (κ3) is 4.11. The Morgan fingerprint density at radius 3 is 2.50 bits per heavy atom. The second-order valence-electron chi connectivity index (χ2n) is 7.42. The number of rotatable bonds is 3. The fourth-order valence-corrected chi connectivity index (χ4v) is 3.95. The average Bonchev–Trinajstić information content (AvgIpc) is 2.58. The first kappa shape index (κ1) is 19.0. The molecular weight excluding hydrogens is 396 g/mol. The van der Waals surface area contributed by atoms with Gasteiger partial charge in [-0.2, -0.15) is 0 Å². The van der Waals surface area contributed by atoms with Crippen molar-refractivity contribution < 1.29 is 14.3 Å². The van der Waals surface area contributed by atoms with Crippen molar-refractivity contribution >= 4 is 27.9 Å². The molecule has 0 radical (unpaired) electrons. The predicted molar refractivity (Wildman–Crippen MR) is 103 cm³/mol. The number of ether oxygens (including phenoxy) is 1. The minimum Gasteiger partial charge on any atom is -0.459 e. The van der Waals surface area contributed by atoms with Gasteiger partial charge in [0.05, 0.1) is 11.6 Å². The molecule has 1 fully saturated rings. The second-order valence-corrected chi connectivity index (χ2v) is 8.33. The zero-order valence-corrected chi connectivity index (χ0v) is 16.9. The van der Waals surface area contributed by atoms with Gasteiger partial charge in [-0.05, 0) is 55.7 Å². The van der Waals surface area contributed by atoms with Crippen molar-refractivity contribution in [2.45, 2.75) is 52.2 Å². The van der Waals surface area contributed by atoms with E-state index < -0.39 is 6.04 Å². The van der Waals surface area contributed by atoms with Crippen molar-refractivity contribution in [3.05, 3.63) is 45.6 Å². The summed E-state index contributed by atoms with van der Waals surface area (Å²) in [5.41, 5.74) is 1.86. The number of amides is 2. The number of carbonyl (C=O) groups is 2. The first-order valence-corrected chi connectivity index (χ1v) is 9.89. The fourth-order valence-electron chi connectivity index (χ4n) is 3.69. The Bertz CT molecular complexity index is 729.